The number of nitrogens with one attached hydrogen (secondary N) is 1. The van der Waals surface area contributed by atoms with Crippen molar-refractivity contribution in [3.8, 4) is 11.3 Å². The van der Waals surface area contributed by atoms with E-state index in [0.29, 0.717) is 11.3 Å². The first-order valence-electron chi connectivity index (χ1n) is 5.05. The van der Waals surface area contributed by atoms with E-state index in [1.807, 2.05) is 13.0 Å². The molecule has 0 bridgehead atoms. The Kier molecular flexibility index (Phi) is 3.14. The number of anilines is 1. The van der Waals surface area contributed by atoms with Crippen LogP contribution in [-0.4, -0.2) is 15.3 Å². The molecule has 3 nitrogen and oxygen atoms in total. The maximum atomic E-state index is 13.4. The Morgan fingerprint density at radius 1 is 1.38 bits per heavy atom. The van der Waals surface area contributed by atoms with Crippen LogP contribution in [-0.2, 0) is 0 Å². The highest BCUT2D eigenvalue weighted by atomic mass is 32.1. The van der Waals surface area contributed by atoms with E-state index < -0.39 is 0 Å². The lowest BCUT2D eigenvalue weighted by Gasteiger charge is -2.03. The maximum absolute atomic E-state index is 13.4. The molecular weight excluding hydrogens is 225 g/mol. The highest BCUT2D eigenvalue weighted by molar-refractivity contribution is 6.99. The van der Waals surface area contributed by atoms with Gasteiger partial charge in [0.05, 0.1) is 11.7 Å². The van der Waals surface area contributed by atoms with Gasteiger partial charge in [0.25, 0.3) is 0 Å². The van der Waals surface area contributed by atoms with Crippen molar-refractivity contribution >= 4 is 17.5 Å². The zero-order valence-corrected chi connectivity index (χ0v) is 9.94. The van der Waals surface area contributed by atoms with Crippen LogP contribution >= 0.6 is 11.7 Å². The Bertz CT molecular complexity index is 496. The second-order valence-electron chi connectivity index (χ2n) is 3.46. The van der Waals surface area contributed by atoms with E-state index >= 15 is 0 Å². The van der Waals surface area contributed by atoms with Crippen molar-refractivity contribution in [2.75, 3.05) is 11.9 Å². The molecule has 0 saturated carbocycles. The molecule has 2 rings (SSSR count). The Morgan fingerprint density at radius 3 is 2.88 bits per heavy atom. The van der Waals surface area contributed by atoms with E-state index in [-0.39, 0.29) is 5.82 Å². The zero-order valence-electron chi connectivity index (χ0n) is 9.12. The maximum Gasteiger partial charge on any atom is 0.168 e. The summed E-state index contributed by atoms with van der Waals surface area (Å²) in [6.45, 7) is 4.50. The van der Waals surface area contributed by atoms with E-state index in [1.54, 1.807) is 13.0 Å². The molecule has 0 radical (unpaired) electrons. The van der Waals surface area contributed by atoms with Crippen molar-refractivity contribution in [2.45, 2.75) is 13.8 Å². The molecule has 5 heteroatoms. The summed E-state index contributed by atoms with van der Waals surface area (Å²) in [5.74, 6) is 0.503. The molecule has 0 fully saturated rings. The van der Waals surface area contributed by atoms with Crippen molar-refractivity contribution < 1.29 is 4.39 Å². The van der Waals surface area contributed by atoms with Crippen LogP contribution in [0.3, 0.4) is 0 Å². The summed E-state index contributed by atoms with van der Waals surface area (Å²) in [6, 6.07) is 5.10. The summed E-state index contributed by atoms with van der Waals surface area (Å²) in [5, 5.41) is 3.10. The smallest absolute Gasteiger partial charge is 0.168 e. The Balaban J connectivity index is 2.42. The number of rotatable bonds is 3. The number of aromatic nitrogens is 2. The van der Waals surface area contributed by atoms with Gasteiger partial charge >= 0.3 is 0 Å². The monoisotopic (exact) mass is 237 g/mol. The summed E-state index contributed by atoms with van der Waals surface area (Å²) in [6.07, 6.45) is 0. The van der Waals surface area contributed by atoms with Crippen LogP contribution < -0.4 is 5.32 Å². The zero-order chi connectivity index (χ0) is 11.5. The van der Waals surface area contributed by atoms with Crippen molar-refractivity contribution in [3.63, 3.8) is 0 Å². The predicted octanol–water partition coefficient (Wildman–Crippen LogP) is 3.08. The molecule has 1 heterocycles. The van der Waals surface area contributed by atoms with Crippen molar-refractivity contribution in [1.82, 2.24) is 8.75 Å². The molecule has 0 atom stereocenters. The number of hydrogen-bond donors (Lipinski definition) is 1. The van der Waals surface area contributed by atoms with Gasteiger partial charge in [0.15, 0.2) is 5.82 Å². The van der Waals surface area contributed by atoms with E-state index in [0.717, 1.165) is 29.7 Å². The molecule has 0 unspecified atom stereocenters. The molecule has 1 N–H and O–H groups in total. The molecule has 0 aliphatic heterocycles. The summed E-state index contributed by atoms with van der Waals surface area (Å²) >= 11 is 1.13. The van der Waals surface area contributed by atoms with Gasteiger partial charge in [-0.1, -0.05) is 12.1 Å². The number of benzene rings is 1. The fraction of sp³-hybridized carbons (Fsp3) is 0.273. The first kappa shape index (κ1) is 11.0. The lowest BCUT2D eigenvalue weighted by Crippen LogP contribution is -1.98. The molecule has 0 aliphatic carbocycles. The van der Waals surface area contributed by atoms with Crippen LogP contribution in [0, 0.1) is 12.7 Å². The fourth-order valence-corrected chi connectivity index (χ4v) is 1.95. The SMILES string of the molecule is CCNc1nsnc1-c1ccc(C)c(F)c1. The van der Waals surface area contributed by atoms with Gasteiger partial charge < -0.3 is 5.32 Å². The lowest BCUT2D eigenvalue weighted by molar-refractivity contribution is 0.619. The Hall–Kier alpha value is -1.49. The van der Waals surface area contributed by atoms with Crippen molar-refractivity contribution in [3.05, 3.63) is 29.6 Å². The van der Waals surface area contributed by atoms with Crippen molar-refractivity contribution in [1.29, 1.82) is 0 Å². The van der Waals surface area contributed by atoms with Gasteiger partial charge in [-0.15, -0.1) is 0 Å². The highest BCUT2D eigenvalue weighted by Gasteiger charge is 2.10. The Morgan fingerprint density at radius 2 is 2.19 bits per heavy atom. The van der Waals surface area contributed by atoms with Crippen molar-refractivity contribution in [2.24, 2.45) is 0 Å². The third-order valence-corrected chi connectivity index (χ3v) is 2.81. The topological polar surface area (TPSA) is 37.8 Å². The molecule has 16 heavy (non-hydrogen) atoms. The quantitative estimate of drug-likeness (QED) is 0.891. The summed E-state index contributed by atoms with van der Waals surface area (Å²) in [5.41, 5.74) is 2.11. The van der Waals surface area contributed by atoms with E-state index in [2.05, 4.69) is 14.1 Å². The second kappa shape index (κ2) is 4.57. The predicted molar refractivity (Wildman–Crippen MR) is 64.2 cm³/mol. The van der Waals surface area contributed by atoms with Gasteiger partial charge in [-0.05, 0) is 25.5 Å². The Labute approximate surface area is 97.7 Å². The minimum absolute atomic E-state index is 0.215. The van der Waals surface area contributed by atoms with Crippen LogP contribution in [0.5, 0.6) is 0 Å². The van der Waals surface area contributed by atoms with Gasteiger partial charge in [0, 0.05) is 12.1 Å². The lowest BCUT2D eigenvalue weighted by atomic mass is 10.1. The number of aryl methyl sites for hydroxylation is 1. The minimum Gasteiger partial charge on any atom is -0.368 e. The number of halogens is 1. The van der Waals surface area contributed by atoms with E-state index in [4.69, 9.17) is 0 Å². The number of hydrogen-bond acceptors (Lipinski definition) is 4. The summed E-state index contributed by atoms with van der Waals surface area (Å²) < 4.78 is 21.7. The highest BCUT2D eigenvalue weighted by Crippen LogP contribution is 2.26. The molecule has 0 saturated heterocycles. The van der Waals surface area contributed by atoms with Crippen LogP contribution in [0.25, 0.3) is 11.3 Å². The minimum atomic E-state index is -0.215. The van der Waals surface area contributed by atoms with Gasteiger partial charge in [-0.2, -0.15) is 8.75 Å². The molecule has 2 aromatic rings. The van der Waals surface area contributed by atoms with Gasteiger partial charge in [-0.3, -0.25) is 0 Å². The molecular formula is C11H12FN3S. The molecule has 0 spiro atoms. The largest absolute Gasteiger partial charge is 0.368 e. The summed E-state index contributed by atoms with van der Waals surface area (Å²) in [4.78, 5) is 0. The second-order valence-corrected chi connectivity index (χ2v) is 3.98. The average Bonchev–Trinajstić information content (AvgIpc) is 2.71. The van der Waals surface area contributed by atoms with Gasteiger partial charge in [-0.25, -0.2) is 4.39 Å². The third-order valence-electron chi connectivity index (χ3n) is 2.28. The van der Waals surface area contributed by atoms with Crippen LogP contribution in [0.1, 0.15) is 12.5 Å². The molecule has 0 aliphatic rings. The molecule has 1 aromatic carbocycles. The number of nitrogens with zero attached hydrogens (tertiary/aromatic N) is 2. The van der Waals surface area contributed by atoms with Crippen LogP contribution in [0.2, 0.25) is 0 Å². The van der Waals surface area contributed by atoms with Crippen LogP contribution in [0.4, 0.5) is 10.2 Å². The average molecular weight is 237 g/mol. The van der Waals surface area contributed by atoms with E-state index in [9.17, 15) is 4.39 Å². The third kappa shape index (κ3) is 2.04. The molecule has 84 valence electrons. The van der Waals surface area contributed by atoms with Gasteiger partial charge in [0.2, 0.25) is 0 Å². The van der Waals surface area contributed by atoms with Gasteiger partial charge in [0.1, 0.15) is 11.5 Å². The fourth-order valence-electron chi connectivity index (χ4n) is 1.40. The normalized spacial score (nSPS) is 10.4. The molecule has 1 aromatic heterocycles. The first-order valence-corrected chi connectivity index (χ1v) is 5.78. The van der Waals surface area contributed by atoms with Crippen LogP contribution in [0.15, 0.2) is 18.2 Å². The summed E-state index contributed by atoms with van der Waals surface area (Å²) in [7, 11) is 0. The standard InChI is InChI=1S/C11H12FN3S/c1-3-13-11-10(14-16-15-11)8-5-4-7(2)9(12)6-8/h4-6H,3H2,1-2H3,(H,13,15). The van der Waals surface area contributed by atoms with E-state index in [1.165, 1.54) is 6.07 Å². The molecule has 0 amide bonds. The first-order chi connectivity index (χ1) is 7.72.